The number of allylic oxidation sites excluding steroid dienone is 4. The Morgan fingerprint density at radius 1 is 0.253 bits per heavy atom. The van der Waals surface area contributed by atoms with Crippen LogP contribution < -0.4 is 0 Å². The van der Waals surface area contributed by atoms with Crippen molar-refractivity contribution >= 4 is 120 Å². The minimum absolute atomic E-state index is 0.170. The highest BCUT2D eigenvalue weighted by atomic mass is 15.1. The van der Waals surface area contributed by atoms with Crippen molar-refractivity contribution in [2.75, 3.05) is 0 Å². The number of para-hydroxylation sites is 7. The lowest BCUT2D eigenvalue weighted by Crippen LogP contribution is -2.08. The molecule has 5 nitrogen and oxygen atoms in total. The van der Waals surface area contributed by atoms with Gasteiger partial charge in [0.15, 0.2) is 0 Å². The zero-order chi connectivity index (χ0) is 54.0. The maximum Gasteiger partial charge on any atom is 0.0639 e. The topological polar surface area (TPSA) is 24.6 Å². The summed E-state index contributed by atoms with van der Waals surface area (Å²) in [6, 6.07) is 99.4. The zero-order valence-corrected chi connectivity index (χ0v) is 45.1. The van der Waals surface area contributed by atoms with E-state index in [1.54, 1.807) is 0 Å². The molecule has 83 heavy (non-hydrogen) atoms. The molecule has 6 heterocycles. The fourth-order valence-corrected chi connectivity index (χ4v) is 15.0. The molecular formula is C78H49N5. The Morgan fingerprint density at radius 2 is 0.651 bits per heavy atom. The van der Waals surface area contributed by atoms with Gasteiger partial charge in [0.2, 0.25) is 0 Å². The van der Waals surface area contributed by atoms with E-state index in [9.17, 15) is 0 Å². The van der Waals surface area contributed by atoms with Gasteiger partial charge in [0.1, 0.15) is 0 Å². The Hall–Kier alpha value is -10.9. The van der Waals surface area contributed by atoms with Gasteiger partial charge in [0.25, 0.3) is 0 Å². The molecule has 5 aromatic heterocycles. The smallest absolute Gasteiger partial charge is 0.0639 e. The maximum atomic E-state index is 2.67. The molecule has 5 heteroatoms. The van der Waals surface area contributed by atoms with E-state index in [1.165, 1.54) is 154 Å². The zero-order valence-electron chi connectivity index (χ0n) is 45.1. The highest BCUT2D eigenvalue weighted by Gasteiger charge is 2.34. The van der Waals surface area contributed by atoms with Gasteiger partial charge in [-0.15, -0.1) is 0 Å². The molecule has 0 fully saturated rings. The minimum atomic E-state index is 0.170. The van der Waals surface area contributed by atoms with Gasteiger partial charge >= 0.3 is 0 Å². The monoisotopic (exact) mass is 1060 g/mol. The Morgan fingerprint density at radius 3 is 1.19 bits per heavy atom. The van der Waals surface area contributed by atoms with Gasteiger partial charge in [0.05, 0.1) is 61.2 Å². The molecule has 0 saturated carbocycles. The van der Waals surface area contributed by atoms with Crippen molar-refractivity contribution in [1.82, 2.24) is 22.8 Å². The molecule has 0 amide bonds. The summed E-state index contributed by atoms with van der Waals surface area (Å²) in [5.41, 5.74) is 24.7. The SMILES string of the molecule is C1=C(c2ccc3c(c2)c2ccccc2n3-c2ccc3c(c2)c2ccccc2n3-c2ccccc2)CC2C(=C1)c1cccc3c4ccc(-c5ccc6c(c5)c5ccccc5n6-c5ccc6c(c5)c5ccccc5n6-c5ccccc5)cc4n2c13. The van der Waals surface area contributed by atoms with Crippen molar-refractivity contribution in [3.63, 3.8) is 0 Å². The molecule has 386 valence electrons. The number of hydrogen-bond acceptors (Lipinski definition) is 0. The minimum Gasteiger partial charge on any atom is -0.332 e. The summed E-state index contributed by atoms with van der Waals surface area (Å²) >= 11 is 0. The number of hydrogen-bond donors (Lipinski definition) is 0. The molecule has 0 saturated heterocycles. The van der Waals surface area contributed by atoms with E-state index < -0.39 is 0 Å². The van der Waals surface area contributed by atoms with E-state index >= 15 is 0 Å². The lowest BCUT2D eigenvalue weighted by Gasteiger charge is -2.23. The first-order valence-electron chi connectivity index (χ1n) is 28.9. The van der Waals surface area contributed by atoms with Crippen molar-refractivity contribution in [3.8, 4) is 33.9 Å². The number of fused-ring (bicyclic) bond motifs is 18. The van der Waals surface area contributed by atoms with Crippen LogP contribution >= 0.6 is 0 Å². The Labute approximate surface area is 476 Å². The molecule has 0 bridgehead atoms. The highest BCUT2D eigenvalue weighted by molar-refractivity contribution is 6.18. The summed E-state index contributed by atoms with van der Waals surface area (Å²) in [6.07, 6.45) is 5.71. The van der Waals surface area contributed by atoms with Crippen molar-refractivity contribution in [2.24, 2.45) is 0 Å². The van der Waals surface area contributed by atoms with E-state index in [2.05, 4.69) is 302 Å². The predicted molar refractivity (Wildman–Crippen MR) is 348 cm³/mol. The Balaban J connectivity index is 0.699. The third-order valence-electron chi connectivity index (χ3n) is 18.6. The molecule has 0 radical (unpaired) electrons. The number of rotatable bonds is 6. The molecule has 2 aliphatic rings. The van der Waals surface area contributed by atoms with E-state index in [0.717, 1.165) is 17.8 Å². The van der Waals surface area contributed by atoms with Crippen LogP contribution in [0.15, 0.2) is 279 Å². The Kier molecular flexibility index (Phi) is 9.11. The third-order valence-corrected chi connectivity index (χ3v) is 18.6. The van der Waals surface area contributed by atoms with Crippen LogP contribution in [0.5, 0.6) is 0 Å². The van der Waals surface area contributed by atoms with Crippen LogP contribution in [-0.4, -0.2) is 22.8 Å². The molecule has 1 aliphatic heterocycles. The lowest BCUT2D eigenvalue weighted by molar-refractivity contribution is 0.694. The fourth-order valence-electron chi connectivity index (χ4n) is 15.0. The van der Waals surface area contributed by atoms with Gasteiger partial charge in [-0.25, -0.2) is 0 Å². The Bertz CT molecular complexity index is 5710. The number of benzene rings is 12. The number of nitrogens with zero attached hydrogens (tertiary/aromatic N) is 5. The van der Waals surface area contributed by atoms with Gasteiger partial charge < -0.3 is 22.8 Å². The first-order valence-corrected chi connectivity index (χ1v) is 28.9. The second-order valence-electron chi connectivity index (χ2n) is 22.8. The standard InChI is InChI=1S/C78H49N5/c1-3-16-52(17-4-1)79-68-26-11-9-22-58(68)66-46-54(34-40-74(66)79)81-70-28-13-7-20-56(70)64-42-48(32-38-72(64)81)50-30-36-60-62-24-15-25-63-61-37-31-51(45-77(61)83(78(62)63)76(60)44-50)49-33-39-73-65(43-49)57-21-8-14-29-71(57)82(73)55-35-41-75-67(47-55)59-23-10-12-27-69(59)80(75)53-18-5-2-6-19-53/h1-44,46-47,77H,45H2. The second-order valence-corrected chi connectivity index (χ2v) is 22.8. The van der Waals surface area contributed by atoms with Crippen LogP contribution in [-0.2, 0) is 0 Å². The van der Waals surface area contributed by atoms with Crippen LogP contribution in [0.1, 0.15) is 23.6 Å². The largest absolute Gasteiger partial charge is 0.332 e. The molecule has 12 aromatic carbocycles. The summed E-state index contributed by atoms with van der Waals surface area (Å²) in [6.45, 7) is 0. The van der Waals surface area contributed by atoms with Crippen LogP contribution in [0.3, 0.4) is 0 Å². The van der Waals surface area contributed by atoms with Gasteiger partial charge in [-0.05, 0) is 150 Å². The second kappa shape index (κ2) is 16.8. The average molecular weight is 1060 g/mol. The first kappa shape index (κ1) is 44.9. The molecular weight excluding hydrogens is 1010 g/mol. The summed E-state index contributed by atoms with van der Waals surface area (Å²) in [5.74, 6) is 0. The lowest BCUT2D eigenvalue weighted by atomic mass is 9.87. The normalized spacial score (nSPS) is 14.2. The van der Waals surface area contributed by atoms with Crippen LogP contribution in [0.2, 0.25) is 0 Å². The van der Waals surface area contributed by atoms with Crippen molar-refractivity contribution in [3.05, 3.63) is 290 Å². The molecule has 1 aliphatic carbocycles. The van der Waals surface area contributed by atoms with Gasteiger partial charge in [-0.3, -0.25) is 0 Å². The highest BCUT2D eigenvalue weighted by Crippen LogP contribution is 2.52. The van der Waals surface area contributed by atoms with Gasteiger partial charge in [0, 0.05) is 82.2 Å². The van der Waals surface area contributed by atoms with E-state index in [-0.39, 0.29) is 6.04 Å². The fraction of sp³-hybridized carbons (Fsp3) is 0.0256. The molecule has 0 N–H and O–H groups in total. The molecule has 1 atom stereocenters. The van der Waals surface area contributed by atoms with Gasteiger partial charge in [-0.2, -0.15) is 0 Å². The summed E-state index contributed by atoms with van der Waals surface area (Å²) < 4.78 is 12.4. The molecule has 17 aromatic rings. The first-order chi connectivity index (χ1) is 41.2. The predicted octanol–water partition coefficient (Wildman–Crippen LogP) is 20.3. The van der Waals surface area contributed by atoms with Crippen molar-refractivity contribution in [1.29, 1.82) is 0 Å². The number of aromatic nitrogens is 5. The van der Waals surface area contributed by atoms with Crippen LogP contribution in [0.25, 0.3) is 154 Å². The molecule has 0 spiro atoms. The molecule has 19 rings (SSSR count). The summed E-state index contributed by atoms with van der Waals surface area (Å²) in [7, 11) is 0. The van der Waals surface area contributed by atoms with Crippen LogP contribution in [0.4, 0.5) is 0 Å². The van der Waals surface area contributed by atoms with E-state index in [1.807, 2.05) is 0 Å². The third kappa shape index (κ3) is 6.25. The molecule has 1 unspecified atom stereocenters. The van der Waals surface area contributed by atoms with E-state index in [4.69, 9.17) is 0 Å². The maximum absolute atomic E-state index is 2.67. The summed E-state index contributed by atoms with van der Waals surface area (Å²) in [5, 5.41) is 12.6. The van der Waals surface area contributed by atoms with Crippen molar-refractivity contribution in [2.45, 2.75) is 12.5 Å². The quantitative estimate of drug-likeness (QED) is 0.159. The van der Waals surface area contributed by atoms with Crippen LogP contribution in [0, 0.1) is 0 Å². The average Bonchev–Trinajstić information content (AvgIpc) is 3.26. The van der Waals surface area contributed by atoms with Crippen molar-refractivity contribution < 1.29 is 0 Å². The van der Waals surface area contributed by atoms with Gasteiger partial charge in [-0.1, -0.05) is 164 Å². The van der Waals surface area contributed by atoms with E-state index in [0.29, 0.717) is 0 Å². The summed E-state index contributed by atoms with van der Waals surface area (Å²) in [4.78, 5) is 0.